The molecule has 18 heavy (non-hydrogen) atoms. The van der Waals surface area contributed by atoms with E-state index in [0.717, 1.165) is 5.56 Å². The maximum Gasteiger partial charge on any atom is 0.259 e. The zero-order valence-corrected chi connectivity index (χ0v) is 10.4. The summed E-state index contributed by atoms with van der Waals surface area (Å²) in [4.78, 5) is 15.7. The summed E-state index contributed by atoms with van der Waals surface area (Å²) < 4.78 is 0. The fourth-order valence-electron chi connectivity index (χ4n) is 1.51. The van der Waals surface area contributed by atoms with Gasteiger partial charge in [-0.15, -0.1) is 0 Å². The van der Waals surface area contributed by atoms with E-state index in [0.29, 0.717) is 10.8 Å². The van der Waals surface area contributed by atoms with E-state index in [1.54, 1.807) is 18.2 Å². The van der Waals surface area contributed by atoms with E-state index < -0.39 is 5.91 Å². The van der Waals surface area contributed by atoms with Crippen molar-refractivity contribution < 1.29 is 9.90 Å². The van der Waals surface area contributed by atoms with E-state index in [1.165, 1.54) is 18.3 Å². The van der Waals surface area contributed by atoms with Gasteiger partial charge in [0.15, 0.2) is 0 Å². The van der Waals surface area contributed by atoms with Crippen LogP contribution in [0.15, 0.2) is 36.5 Å². The van der Waals surface area contributed by atoms with Crippen molar-refractivity contribution in [1.29, 1.82) is 0 Å². The summed E-state index contributed by atoms with van der Waals surface area (Å²) in [6.45, 7) is 1.84. The number of nitrogens with zero attached hydrogens (tertiary/aromatic N) is 1. The maximum absolute atomic E-state index is 11.9. The average molecular weight is 263 g/mol. The average Bonchev–Trinajstić information content (AvgIpc) is 2.28. The van der Waals surface area contributed by atoms with E-state index in [9.17, 15) is 9.90 Å². The minimum absolute atomic E-state index is 0.0485. The summed E-state index contributed by atoms with van der Waals surface area (Å²) in [5.41, 5.74) is 1.63. The molecule has 0 aliphatic carbocycles. The molecule has 0 aliphatic rings. The van der Waals surface area contributed by atoms with Gasteiger partial charge in [0, 0.05) is 11.9 Å². The predicted molar refractivity (Wildman–Crippen MR) is 70.0 cm³/mol. The van der Waals surface area contributed by atoms with Crippen molar-refractivity contribution in [3.05, 3.63) is 52.8 Å². The first-order chi connectivity index (χ1) is 8.56. The van der Waals surface area contributed by atoms with Crippen molar-refractivity contribution in [1.82, 2.24) is 4.98 Å². The molecule has 0 fully saturated rings. The Bertz CT molecular complexity index is 599. The van der Waals surface area contributed by atoms with Crippen molar-refractivity contribution in [3.63, 3.8) is 0 Å². The number of hydrogen-bond donors (Lipinski definition) is 2. The largest absolute Gasteiger partial charge is 0.507 e. The SMILES string of the molecule is Cc1ccc(C(=O)Nc2ccnc(Cl)c2)c(O)c1. The van der Waals surface area contributed by atoms with Crippen LogP contribution in [0.3, 0.4) is 0 Å². The van der Waals surface area contributed by atoms with E-state index >= 15 is 0 Å². The standard InChI is InChI=1S/C13H11ClN2O2/c1-8-2-3-10(11(17)6-8)13(18)16-9-4-5-15-12(14)7-9/h2-7,17H,1H3,(H,15,16,18). The number of amides is 1. The number of anilines is 1. The number of carbonyl (C=O) groups is 1. The molecular formula is C13H11ClN2O2. The van der Waals surface area contributed by atoms with Gasteiger partial charge in [-0.05, 0) is 36.8 Å². The molecule has 0 bridgehead atoms. The highest BCUT2D eigenvalue weighted by atomic mass is 35.5. The number of aromatic nitrogens is 1. The molecule has 0 radical (unpaired) electrons. The molecule has 0 unspecified atom stereocenters. The topological polar surface area (TPSA) is 62.2 Å². The van der Waals surface area contributed by atoms with Crippen molar-refractivity contribution in [2.45, 2.75) is 6.92 Å². The van der Waals surface area contributed by atoms with Crippen LogP contribution in [0, 0.1) is 6.92 Å². The lowest BCUT2D eigenvalue weighted by Crippen LogP contribution is -2.12. The van der Waals surface area contributed by atoms with Gasteiger partial charge in [0.25, 0.3) is 5.91 Å². The molecule has 1 aromatic heterocycles. The fraction of sp³-hybridized carbons (Fsp3) is 0.0769. The lowest BCUT2D eigenvalue weighted by atomic mass is 10.1. The number of nitrogens with one attached hydrogen (secondary N) is 1. The molecule has 2 aromatic rings. The summed E-state index contributed by atoms with van der Waals surface area (Å²) in [5.74, 6) is -0.442. The number of carbonyl (C=O) groups excluding carboxylic acids is 1. The summed E-state index contributed by atoms with van der Waals surface area (Å²) in [7, 11) is 0. The first-order valence-corrected chi connectivity index (χ1v) is 5.66. The second-order valence-electron chi connectivity index (χ2n) is 3.84. The van der Waals surface area contributed by atoms with Crippen LogP contribution in [0.25, 0.3) is 0 Å². The van der Waals surface area contributed by atoms with Gasteiger partial charge < -0.3 is 10.4 Å². The van der Waals surface area contributed by atoms with E-state index in [-0.39, 0.29) is 11.3 Å². The molecule has 1 heterocycles. The van der Waals surface area contributed by atoms with E-state index in [1.807, 2.05) is 6.92 Å². The summed E-state index contributed by atoms with van der Waals surface area (Å²) in [6.07, 6.45) is 1.49. The monoisotopic (exact) mass is 262 g/mol. The molecule has 0 saturated carbocycles. The van der Waals surface area contributed by atoms with Crippen LogP contribution in [0.1, 0.15) is 15.9 Å². The Labute approximate surface area is 109 Å². The summed E-state index contributed by atoms with van der Waals surface area (Å²) in [6, 6.07) is 8.02. The predicted octanol–water partition coefficient (Wildman–Crippen LogP) is 3.00. The third-order valence-electron chi connectivity index (χ3n) is 2.38. The van der Waals surface area contributed by atoms with Crippen LogP contribution in [0.4, 0.5) is 5.69 Å². The van der Waals surface area contributed by atoms with E-state index in [4.69, 9.17) is 11.6 Å². The van der Waals surface area contributed by atoms with Crippen molar-refractivity contribution in [2.24, 2.45) is 0 Å². The zero-order valence-electron chi connectivity index (χ0n) is 9.64. The van der Waals surface area contributed by atoms with E-state index in [2.05, 4.69) is 10.3 Å². The summed E-state index contributed by atoms with van der Waals surface area (Å²) in [5, 5.41) is 12.6. The van der Waals surface area contributed by atoms with Crippen LogP contribution >= 0.6 is 11.6 Å². The van der Waals surface area contributed by atoms with Crippen molar-refractivity contribution in [3.8, 4) is 5.75 Å². The molecule has 2 rings (SSSR count). The molecule has 2 N–H and O–H groups in total. The number of benzene rings is 1. The molecule has 0 spiro atoms. The molecule has 1 aromatic carbocycles. The van der Waals surface area contributed by atoms with Gasteiger partial charge >= 0.3 is 0 Å². The Morgan fingerprint density at radius 1 is 1.33 bits per heavy atom. The minimum Gasteiger partial charge on any atom is -0.507 e. The molecule has 1 amide bonds. The first-order valence-electron chi connectivity index (χ1n) is 5.29. The lowest BCUT2D eigenvalue weighted by Gasteiger charge is -2.07. The number of hydrogen-bond acceptors (Lipinski definition) is 3. The van der Waals surface area contributed by atoms with Gasteiger partial charge in [0.05, 0.1) is 5.56 Å². The molecule has 0 aliphatic heterocycles. The van der Waals surface area contributed by atoms with Gasteiger partial charge in [-0.3, -0.25) is 4.79 Å². The van der Waals surface area contributed by atoms with Gasteiger partial charge in [-0.2, -0.15) is 0 Å². The fourth-order valence-corrected chi connectivity index (χ4v) is 1.69. The van der Waals surface area contributed by atoms with Gasteiger partial charge in [0.1, 0.15) is 10.9 Å². The molecule has 5 heteroatoms. The zero-order chi connectivity index (χ0) is 13.1. The van der Waals surface area contributed by atoms with Crippen LogP contribution < -0.4 is 5.32 Å². The molecule has 92 valence electrons. The number of halogens is 1. The number of aromatic hydroxyl groups is 1. The Morgan fingerprint density at radius 2 is 2.11 bits per heavy atom. The first kappa shape index (κ1) is 12.4. The van der Waals surface area contributed by atoms with Gasteiger partial charge in [-0.1, -0.05) is 17.7 Å². The number of pyridine rings is 1. The highest BCUT2D eigenvalue weighted by Gasteiger charge is 2.11. The van der Waals surface area contributed by atoms with Crippen molar-refractivity contribution in [2.75, 3.05) is 5.32 Å². The number of phenols is 1. The van der Waals surface area contributed by atoms with Crippen LogP contribution in [0.2, 0.25) is 5.15 Å². The summed E-state index contributed by atoms with van der Waals surface area (Å²) >= 11 is 5.71. The molecule has 0 atom stereocenters. The highest BCUT2D eigenvalue weighted by molar-refractivity contribution is 6.29. The van der Waals surface area contributed by atoms with Gasteiger partial charge in [-0.25, -0.2) is 4.98 Å². The third-order valence-corrected chi connectivity index (χ3v) is 2.59. The Kier molecular flexibility index (Phi) is 3.48. The molecule has 4 nitrogen and oxygen atoms in total. The molecular weight excluding hydrogens is 252 g/mol. The van der Waals surface area contributed by atoms with Crippen LogP contribution in [-0.2, 0) is 0 Å². The van der Waals surface area contributed by atoms with Crippen LogP contribution in [-0.4, -0.2) is 16.0 Å². The number of rotatable bonds is 2. The van der Waals surface area contributed by atoms with Crippen LogP contribution in [0.5, 0.6) is 5.75 Å². The van der Waals surface area contributed by atoms with Gasteiger partial charge in [0.2, 0.25) is 0 Å². The molecule has 0 saturated heterocycles. The lowest BCUT2D eigenvalue weighted by molar-refractivity contribution is 0.102. The quantitative estimate of drug-likeness (QED) is 0.818. The number of phenolic OH excluding ortho intramolecular Hbond substituents is 1. The normalized spacial score (nSPS) is 10.1. The Morgan fingerprint density at radius 3 is 2.78 bits per heavy atom. The number of aryl methyl sites for hydroxylation is 1. The Balaban J connectivity index is 2.22. The highest BCUT2D eigenvalue weighted by Crippen LogP contribution is 2.20. The smallest absolute Gasteiger partial charge is 0.259 e. The van der Waals surface area contributed by atoms with Crippen molar-refractivity contribution >= 4 is 23.2 Å². The third kappa shape index (κ3) is 2.78. The maximum atomic E-state index is 11.9. The minimum atomic E-state index is -0.394. The second-order valence-corrected chi connectivity index (χ2v) is 4.23. The Hall–Kier alpha value is -2.07. The second kappa shape index (κ2) is 5.06.